The fourth-order valence-corrected chi connectivity index (χ4v) is 3.26. The Morgan fingerprint density at radius 3 is 2.77 bits per heavy atom. The molecule has 1 aliphatic rings. The zero-order valence-electron chi connectivity index (χ0n) is 13.0. The number of carboxylic acid groups (broad SMARTS) is 1. The van der Waals surface area contributed by atoms with Crippen molar-refractivity contribution in [1.82, 2.24) is 4.90 Å². The Kier molecular flexibility index (Phi) is 3.79. The molecule has 0 aliphatic carbocycles. The minimum atomic E-state index is -0.708. The van der Waals surface area contributed by atoms with Crippen molar-refractivity contribution < 1.29 is 14.6 Å². The van der Waals surface area contributed by atoms with Crippen molar-refractivity contribution in [3.63, 3.8) is 0 Å². The molecule has 1 unspecified atom stereocenters. The molecule has 0 amide bonds. The number of carboxylic acids is 1. The molecule has 4 heteroatoms. The van der Waals surface area contributed by atoms with E-state index < -0.39 is 11.4 Å². The molecule has 0 spiro atoms. The molecule has 3 rings (SSSR count). The number of aliphatic carboxylic acids is 1. The van der Waals surface area contributed by atoms with Crippen molar-refractivity contribution >= 4 is 16.7 Å². The molecule has 0 aromatic heterocycles. The van der Waals surface area contributed by atoms with E-state index in [2.05, 4.69) is 23.1 Å². The van der Waals surface area contributed by atoms with Crippen molar-refractivity contribution in [3.05, 3.63) is 42.0 Å². The normalized spacial score (nSPS) is 22.1. The molecule has 1 atom stereocenters. The minimum absolute atomic E-state index is 0.578. The van der Waals surface area contributed by atoms with E-state index in [0.717, 1.165) is 17.9 Å². The molecular formula is C18H21NO3. The highest BCUT2D eigenvalue weighted by atomic mass is 16.5. The molecule has 0 saturated carbocycles. The van der Waals surface area contributed by atoms with Crippen LogP contribution in [0.25, 0.3) is 10.8 Å². The molecular weight excluding hydrogens is 278 g/mol. The summed E-state index contributed by atoms with van der Waals surface area (Å²) in [4.78, 5) is 13.6. The van der Waals surface area contributed by atoms with Crippen LogP contribution in [0, 0.1) is 5.41 Å². The summed E-state index contributed by atoms with van der Waals surface area (Å²) in [5, 5.41) is 11.7. The van der Waals surface area contributed by atoms with Gasteiger partial charge in [-0.2, -0.15) is 0 Å². The Hall–Kier alpha value is -2.07. The molecule has 1 fully saturated rings. The lowest BCUT2D eigenvalue weighted by Crippen LogP contribution is -2.31. The van der Waals surface area contributed by atoms with Crippen LogP contribution >= 0.6 is 0 Å². The molecule has 1 aliphatic heterocycles. The maximum absolute atomic E-state index is 11.4. The third kappa shape index (κ3) is 2.55. The first-order valence-corrected chi connectivity index (χ1v) is 7.54. The zero-order valence-corrected chi connectivity index (χ0v) is 13.0. The average molecular weight is 299 g/mol. The van der Waals surface area contributed by atoms with Crippen molar-refractivity contribution in [2.45, 2.75) is 19.9 Å². The zero-order chi connectivity index (χ0) is 15.7. The summed E-state index contributed by atoms with van der Waals surface area (Å²) in [5.41, 5.74) is 0.493. The molecule has 1 heterocycles. The molecule has 2 aromatic carbocycles. The largest absolute Gasteiger partial charge is 0.496 e. The molecule has 0 radical (unpaired) electrons. The second-order valence-electron chi connectivity index (χ2n) is 6.29. The van der Waals surface area contributed by atoms with Crippen LogP contribution in [0.15, 0.2) is 36.4 Å². The van der Waals surface area contributed by atoms with Gasteiger partial charge in [-0.3, -0.25) is 9.69 Å². The number of ether oxygens (including phenoxy) is 1. The van der Waals surface area contributed by atoms with Crippen molar-refractivity contribution in [2.75, 3.05) is 20.2 Å². The Morgan fingerprint density at radius 2 is 2.09 bits per heavy atom. The van der Waals surface area contributed by atoms with E-state index in [0.29, 0.717) is 19.5 Å². The quantitative estimate of drug-likeness (QED) is 0.942. The average Bonchev–Trinajstić information content (AvgIpc) is 2.90. The second-order valence-corrected chi connectivity index (χ2v) is 6.29. The van der Waals surface area contributed by atoms with E-state index in [9.17, 15) is 9.90 Å². The van der Waals surface area contributed by atoms with Crippen molar-refractivity contribution in [2.24, 2.45) is 5.41 Å². The van der Waals surface area contributed by atoms with E-state index in [1.54, 1.807) is 7.11 Å². The summed E-state index contributed by atoms with van der Waals surface area (Å²) in [5.74, 6) is 0.155. The maximum atomic E-state index is 11.4. The van der Waals surface area contributed by atoms with Crippen LogP contribution < -0.4 is 4.74 Å². The number of hydrogen-bond donors (Lipinski definition) is 1. The first-order chi connectivity index (χ1) is 10.5. The van der Waals surface area contributed by atoms with Gasteiger partial charge in [-0.05, 0) is 36.7 Å². The Morgan fingerprint density at radius 1 is 1.32 bits per heavy atom. The van der Waals surface area contributed by atoms with Crippen LogP contribution in [-0.4, -0.2) is 36.2 Å². The second kappa shape index (κ2) is 5.61. The standard InChI is InChI=1S/C18H21NO3/c1-18(17(20)21)9-10-19(12-18)11-15-14-6-4-3-5-13(14)7-8-16(15)22-2/h3-8H,9-12H2,1-2H3,(H,20,21). The van der Waals surface area contributed by atoms with Gasteiger partial charge in [0, 0.05) is 18.7 Å². The van der Waals surface area contributed by atoms with E-state index in [1.807, 2.05) is 25.1 Å². The first kappa shape index (κ1) is 14.9. The third-order valence-corrected chi connectivity index (χ3v) is 4.67. The lowest BCUT2D eigenvalue weighted by Gasteiger charge is -2.22. The topological polar surface area (TPSA) is 49.8 Å². The van der Waals surface area contributed by atoms with Gasteiger partial charge in [0.1, 0.15) is 5.75 Å². The smallest absolute Gasteiger partial charge is 0.310 e. The van der Waals surface area contributed by atoms with Crippen LogP contribution in [0.1, 0.15) is 18.9 Å². The molecule has 2 aromatic rings. The van der Waals surface area contributed by atoms with Gasteiger partial charge in [0.25, 0.3) is 0 Å². The summed E-state index contributed by atoms with van der Waals surface area (Å²) in [6.45, 7) is 3.92. The van der Waals surface area contributed by atoms with E-state index in [-0.39, 0.29) is 0 Å². The number of likely N-dealkylation sites (tertiary alicyclic amines) is 1. The van der Waals surface area contributed by atoms with Gasteiger partial charge in [0.15, 0.2) is 0 Å². The fraction of sp³-hybridized carbons (Fsp3) is 0.389. The maximum Gasteiger partial charge on any atom is 0.310 e. The summed E-state index contributed by atoms with van der Waals surface area (Å²) in [6.07, 6.45) is 0.690. The molecule has 116 valence electrons. The summed E-state index contributed by atoms with van der Waals surface area (Å²) in [6, 6.07) is 12.3. The number of rotatable bonds is 4. The molecule has 1 N–H and O–H groups in total. The van der Waals surface area contributed by atoms with E-state index in [4.69, 9.17) is 4.74 Å². The van der Waals surface area contributed by atoms with E-state index in [1.165, 1.54) is 10.8 Å². The Bertz CT molecular complexity index is 713. The van der Waals surface area contributed by atoms with Gasteiger partial charge < -0.3 is 9.84 Å². The lowest BCUT2D eigenvalue weighted by molar-refractivity contribution is -0.147. The molecule has 22 heavy (non-hydrogen) atoms. The summed E-state index contributed by atoms with van der Waals surface area (Å²) >= 11 is 0. The number of methoxy groups -OCH3 is 1. The Balaban J connectivity index is 1.92. The lowest BCUT2D eigenvalue weighted by atomic mass is 9.90. The van der Waals surface area contributed by atoms with Gasteiger partial charge in [0.05, 0.1) is 12.5 Å². The van der Waals surface area contributed by atoms with Crippen LogP contribution in [-0.2, 0) is 11.3 Å². The van der Waals surface area contributed by atoms with Crippen LogP contribution in [0.5, 0.6) is 5.75 Å². The predicted octanol–water partition coefficient (Wildman–Crippen LogP) is 3.15. The van der Waals surface area contributed by atoms with Gasteiger partial charge in [0.2, 0.25) is 0 Å². The number of nitrogens with zero attached hydrogens (tertiary/aromatic N) is 1. The van der Waals surface area contributed by atoms with Crippen LogP contribution in [0.4, 0.5) is 0 Å². The highest BCUT2D eigenvalue weighted by Gasteiger charge is 2.40. The van der Waals surface area contributed by atoms with Gasteiger partial charge in [-0.25, -0.2) is 0 Å². The molecule has 0 bridgehead atoms. The number of hydrogen-bond acceptors (Lipinski definition) is 3. The fourth-order valence-electron chi connectivity index (χ4n) is 3.26. The highest BCUT2D eigenvalue weighted by molar-refractivity contribution is 5.87. The predicted molar refractivity (Wildman–Crippen MR) is 86.1 cm³/mol. The van der Waals surface area contributed by atoms with Gasteiger partial charge >= 0.3 is 5.97 Å². The Labute approximate surface area is 130 Å². The third-order valence-electron chi connectivity index (χ3n) is 4.67. The first-order valence-electron chi connectivity index (χ1n) is 7.54. The molecule has 4 nitrogen and oxygen atoms in total. The van der Waals surface area contributed by atoms with Gasteiger partial charge in [-0.1, -0.05) is 30.3 Å². The SMILES string of the molecule is COc1ccc2ccccc2c1CN1CCC(C)(C(=O)O)C1. The summed E-state index contributed by atoms with van der Waals surface area (Å²) in [7, 11) is 1.68. The minimum Gasteiger partial charge on any atom is -0.496 e. The monoisotopic (exact) mass is 299 g/mol. The van der Waals surface area contributed by atoms with Crippen LogP contribution in [0.3, 0.4) is 0 Å². The van der Waals surface area contributed by atoms with Crippen molar-refractivity contribution in [1.29, 1.82) is 0 Å². The van der Waals surface area contributed by atoms with E-state index >= 15 is 0 Å². The molecule has 1 saturated heterocycles. The van der Waals surface area contributed by atoms with Gasteiger partial charge in [-0.15, -0.1) is 0 Å². The number of benzene rings is 2. The highest BCUT2D eigenvalue weighted by Crippen LogP contribution is 2.34. The number of fused-ring (bicyclic) bond motifs is 1. The van der Waals surface area contributed by atoms with Crippen LogP contribution in [0.2, 0.25) is 0 Å². The number of carbonyl (C=O) groups is 1. The van der Waals surface area contributed by atoms with Crippen molar-refractivity contribution in [3.8, 4) is 5.75 Å². The summed E-state index contributed by atoms with van der Waals surface area (Å²) < 4.78 is 5.52.